The molecule has 1 fully saturated rings. The minimum Gasteiger partial charge on any atom is -0.481 e. The molecule has 0 radical (unpaired) electrons. The molecule has 0 spiro atoms. The summed E-state index contributed by atoms with van der Waals surface area (Å²) in [6.07, 6.45) is 4.55. The number of nitrogens with one attached hydrogen (secondary N) is 1. The van der Waals surface area contributed by atoms with Gasteiger partial charge in [-0.15, -0.1) is 0 Å². The molecule has 1 aliphatic carbocycles. The third-order valence-electron chi connectivity index (χ3n) is 3.71. The fraction of sp³-hybridized carbons (Fsp3) is 0.538. The number of pyridine rings is 1. The number of carboxylic acids is 1. The van der Waals surface area contributed by atoms with Gasteiger partial charge in [0.2, 0.25) is 5.82 Å². The fourth-order valence-electron chi connectivity index (χ4n) is 2.66. The van der Waals surface area contributed by atoms with Crippen LogP contribution in [0.15, 0.2) is 12.3 Å². The predicted molar refractivity (Wildman–Crippen MR) is 72.6 cm³/mol. The standard InChI is InChI=1S/C13H17N3O4/c1-8-6-7-14-12(11(8)16(19)20)15-10-5-3-2-4-9(10)13(17)18/h6-7,9-10H,2-5H2,1H3,(H,14,15)(H,17,18). The zero-order chi connectivity index (χ0) is 14.7. The Morgan fingerprint density at radius 1 is 1.50 bits per heavy atom. The van der Waals surface area contributed by atoms with Crippen molar-refractivity contribution in [2.24, 2.45) is 5.92 Å². The van der Waals surface area contributed by atoms with Gasteiger partial charge in [-0.3, -0.25) is 14.9 Å². The van der Waals surface area contributed by atoms with Crippen LogP contribution in [-0.2, 0) is 4.79 Å². The van der Waals surface area contributed by atoms with Crippen molar-refractivity contribution < 1.29 is 14.8 Å². The Morgan fingerprint density at radius 2 is 2.20 bits per heavy atom. The predicted octanol–water partition coefficient (Wildman–Crippen LogP) is 2.35. The van der Waals surface area contributed by atoms with Gasteiger partial charge in [-0.2, -0.15) is 0 Å². The third kappa shape index (κ3) is 2.87. The summed E-state index contributed by atoms with van der Waals surface area (Å²) in [5.41, 5.74) is 0.428. The van der Waals surface area contributed by atoms with Crippen LogP contribution in [0.3, 0.4) is 0 Å². The van der Waals surface area contributed by atoms with Gasteiger partial charge in [0.05, 0.1) is 10.8 Å². The van der Waals surface area contributed by atoms with Crippen LogP contribution >= 0.6 is 0 Å². The van der Waals surface area contributed by atoms with E-state index in [-0.39, 0.29) is 17.5 Å². The Bertz CT molecular complexity index is 532. The van der Waals surface area contributed by atoms with Crippen molar-refractivity contribution in [2.75, 3.05) is 5.32 Å². The van der Waals surface area contributed by atoms with Gasteiger partial charge in [-0.05, 0) is 25.8 Å². The molecule has 0 bridgehead atoms. The van der Waals surface area contributed by atoms with Crippen LogP contribution in [0.4, 0.5) is 11.5 Å². The lowest BCUT2D eigenvalue weighted by molar-refractivity contribution is -0.384. The highest BCUT2D eigenvalue weighted by atomic mass is 16.6. The normalized spacial score (nSPS) is 22.2. The molecule has 7 nitrogen and oxygen atoms in total. The summed E-state index contributed by atoms with van der Waals surface area (Å²) >= 11 is 0. The molecule has 1 saturated carbocycles. The average molecular weight is 279 g/mol. The van der Waals surface area contributed by atoms with Crippen molar-refractivity contribution in [1.82, 2.24) is 4.98 Å². The van der Waals surface area contributed by atoms with Crippen molar-refractivity contribution >= 4 is 17.5 Å². The van der Waals surface area contributed by atoms with Gasteiger partial charge in [-0.25, -0.2) is 4.98 Å². The molecule has 2 rings (SSSR count). The van der Waals surface area contributed by atoms with E-state index in [1.807, 2.05) is 0 Å². The monoisotopic (exact) mass is 279 g/mol. The number of carbonyl (C=O) groups is 1. The van der Waals surface area contributed by atoms with E-state index in [0.717, 1.165) is 12.8 Å². The lowest BCUT2D eigenvalue weighted by Gasteiger charge is -2.29. The van der Waals surface area contributed by atoms with Crippen LogP contribution in [0.1, 0.15) is 31.2 Å². The number of hydrogen-bond acceptors (Lipinski definition) is 5. The molecule has 1 aromatic rings. The molecule has 20 heavy (non-hydrogen) atoms. The van der Waals surface area contributed by atoms with Gasteiger partial charge in [0.15, 0.2) is 0 Å². The molecule has 0 aromatic carbocycles. The highest BCUT2D eigenvalue weighted by Gasteiger charge is 2.32. The maximum Gasteiger partial charge on any atom is 0.314 e. The van der Waals surface area contributed by atoms with E-state index in [9.17, 15) is 20.0 Å². The summed E-state index contributed by atoms with van der Waals surface area (Å²) in [7, 11) is 0. The molecule has 108 valence electrons. The SMILES string of the molecule is Cc1ccnc(NC2CCCCC2C(=O)O)c1[N+](=O)[O-]. The van der Waals surface area contributed by atoms with E-state index in [1.54, 1.807) is 13.0 Å². The highest BCUT2D eigenvalue weighted by Crippen LogP contribution is 2.31. The van der Waals surface area contributed by atoms with Crippen molar-refractivity contribution in [3.05, 3.63) is 27.9 Å². The number of aliphatic carboxylic acids is 1. The first kappa shape index (κ1) is 14.2. The average Bonchev–Trinajstić information content (AvgIpc) is 2.38. The summed E-state index contributed by atoms with van der Waals surface area (Å²) in [5, 5.41) is 23.3. The van der Waals surface area contributed by atoms with Crippen LogP contribution in [-0.4, -0.2) is 27.0 Å². The molecular weight excluding hydrogens is 262 g/mol. The molecule has 0 amide bonds. The number of aromatic nitrogens is 1. The summed E-state index contributed by atoms with van der Waals surface area (Å²) in [5.74, 6) is -1.23. The second kappa shape index (κ2) is 5.85. The summed E-state index contributed by atoms with van der Waals surface area (Å²) in [6.45, 7) is 1.64. The number of hydrogen-bond donors (Lipinski definition) is 2. The number of rotatable bonds is 4. The zero-order valence-electron chi connectivity index (χ0n) is 11.2. The zero-order valence-corrected chi connectivity index (χ0v) is 11.2. The van der Waals surface area contributed by atoms with E-state index in [0.29, 0.717) is 18.4 Å². The van der Waals surface area contributed by atoms with Crippen molar-refractivity contribution in [2.45, 2.75) is 38.6 Å². The molecule has 1 aromatic heterocycles. The molecule has 0 saturated heterocycles. The van der Waals surface area contributed by atoms with Gasteiger partial charge in [0, 0.05) is 17.8 Å². The Hall–Kier alpha value is -2.18. The Kier molecular flexibility index (Phi) is 4.16. The maximum atomic E-state index is 11.2. The second-order valence-electron chi connectivity index (χ2n) is 5.06. The molecular formula is C13H17N3O4. The number of anilines is 1. The molecule has 1 aliphatic rings. The summed E-state index contributed by atoms with van der Waals surface area (Å²) < 4.78 is 0. The largest absolute Gasteiger partial charge is 0.481 e. The number of carboxylic acid groups (broad SMARTS) is 1. The number of nitro groups is 1. The lowest BCUT2D eigenvalue weighted by atomic mass is 9.84. The molecule has 2 N–H and O–H groups in total. The fourth-order valence-corrected chi connectivity index (χ4v) is 2.66. The van der Waals surface area contributed by atoms with Gasteiger partial charge < -0.3 is 10.4 Å². The lowest BCUT2D eigenvalue weighted by Crippen LogP contribution is -2.37. The van der Waals surface area contributed by atoms with Crippen LogP contribution in [0.5, 0.6) is 0 Å². The smallest absolute Gasteiger partial charge is 0.314 e. The molecule has 7 heteroatoms. The first-order chi connectivity index (χ1) is 9.50. The van der Waals surface area contributed by atoms with Crippen molar-refractivity contribution in [3.8, 4) is 0 Å². The Labute approximate surface area is 116 Å². The van der Waals surface area contributed by atoms with Gasteiger partial charge in [-0.1, -0.05) is 12.8 Å². The number of aryl methyl sites for hydroxylation is 1. The summed E-state index contributed by atoms with van der Waals surface area (Å²) in [6, 6.07) is 1.26. The molecule has 2 unspecified atom stereocenters. The van der Waals surface area contributed by atoms with E-state index in [1.165, 1.54) is 6.20 Å². The third-order valence-corrected chi connectivity index (χ3v) is 3.71. The first-order valence-corrected chi connectivity index (χ1v) is 6.60. The molecule has 0 aliphatic heterocycles. The number of nitrogens with zero attached hydrogens (tertiary/aromatic N) is 2. The van der Waals surface area contributed by atoms with Crippen LogP contribution in [0.25, 0.3) is 0 Å². The minimum absolute atomic E-state index is 0.0813. The topological polar surface area (TPSA) is 105 Å². The van der Waals surface area contributed by atoms with Crippen LogP contribution in [0, 0.1) is 23.0 Å². The Balaban J connectivity index is 2.27. The highest BCUT2D eigenvalue weighted by molar-refractivity contribution is 5.72. The van der Waals surface area contributed by atoms with Crippen molar-refractivity contribution in [3.63, 3.8) is 0 Å². The summed E-state index contributed by atoms with van der Waals surface area (Å²) in [4.78, 5) is 25.9. The second-order valence-corrected chi connectivity index (χ2v) is 5.06. The van der Waals surface area contributed by atoms with Crippen LogP contribution in [0.2, 0.25) is 0 Å². The van der Waals surface area contributed by atoms with Gasteiger partial charge in [0.1, 0.15) is 0 Å². The van der Waals surface area contributed by atoms with E-state index >= 15 is 0 Å². The van der Waals surface area contributed by atoms with E-state index < -0.39 is 16.8 Å². The van der Waals surface area contributed by atoms with E-state index in [2.05, 4.69) is 10.3 Å². The Morgan fingerprint density at radius 3 is 2.85 bits per heavy atom. The molecule has 2 atom stereocenters. The minimum atomic E-state index is -0.863. The van der Waals surface area contributed by atoms with Crippen LogP contribution < -0.4 is 5.32 Å². The first-order valence-electron chi connectivity index (χ1n) is 6.60. The van der Waals surface area contributed by atoms with Gasteiger partial charge >= 0.3 is 11.7 Å². The maximum absolute atomic E-state index is 11.2. The quantitative estimate of drug-likeness (QED) is 0.647. The van der Waals surface area contributed by atoms with Crippen molar-refractivity contribution in [1.29, 1.82) is 0 Å². The molecule has 1 heterocycles. The van der Waals surface area contributed by atoms with E-state index in [4.69, 9.17) is 0 Å². The van der Waals surface area contributed by atoms with Gasteiger partial charge in [0.25, 0.3) is 0 Å².